The van der Waals surface area contributed by atoms with Crippen LogP contribution in [0.3, 0.4) is 0 Å². The molecule has 178 valence electrons. The summed E-state index contributed by atoms with van der Waals surface area (Å²) in [5.41, 5.74) is 0.921. The Morgan fingerprint density at radius 3 is 2.45 bits per heavy atom. The molecule has 3 rings (SSSR count). The first-order valence-corrected chi connectivity index (χ1v) is 11.8. The molecule has 0 radical (unpaired) electrons. The van der Waals surface area contributed by atoms with Gasteiger partial charge in [0.05, 0.1) is 44.3 Å². The van der Waals surface area contributed by atoms with Crippen LogP contribution >= 0.6 is 0 Å². The van der Waals surface area contributed by atoms with Crippen molar-refractivity contribution in [2.75, 3.05) is 20.8 Å². The Morgan fingerprint density at radius 1 is 1.06 bits per heavy atom. The molecule has 0 fully saturated rings. The largest absolute Gasteiger partial charge is 0.497 e. The van der Waals surface area contributed by atoms with E-state index < -0.39 is 34.9 Å². The number of rotatable bonds is 10. The van der Waals surface area contributed by atoms with E-state index in [9.17, 15) is 18.3 Å². The first kappa shape index (κ1) is 24.7. The number of carbonyl (C=O) groups excluding carboxylic acids is 1. The van der Waals surface area contributed by atoms with Gasteiger partial charge in [-0.15, -0.1) is 0 Å². The zero-order chi connectivity index (χ0) is 23.8. The number of sulfonamides is 1. The normalized spacial score (nSPS) is 20.3. The molecule has 1 amide bonds. The van der Waals surface area contributed by atoms with Gasteiger partial charge in [0.25, 0.3) is 0 Å². The van der Waals surface area contributed by atoms with Crippen molar-refractivity contribution in [1.29, 1.82) is 0 Å². The van der Waals surface area contributed by atoms with Crippen LogP contribution in [-0.4, -0.2) is 58.5 Å². The second-order valence-corrected chi connectivity index (χ2v) is 9.15. The Morgan fingerprint density at radius 2 is 1.79 bits per heavy atom. The van der Waals surface area contributed by atoms with Crippen molar-refractivity contribution in [3.8, 4) is 11.5 Å². The van der Waals surface area contributed by atoms with Crippen molar-refractivity contribution >= 4 is 15.9 Å². The van der Waals surface area contributed by atoms with Crippen LogP contribution in [0.2, 0.25) is 0 Å². The van der Waals surface area contributed by atoms with Gasteiger partial charge in [0.1, 0.15) is 17.6 Å². The summed E-state index contributed by atoms with van der Waals surface area (Å²) in [6.45, 7) is -0.0642. The highest BCUT2D eigenvalue weighted by Crippen LogP contribution is 2.21. The first-order chi connectivity index (χ1) is 15.8. The lowest BCUT2D eigenvalue weighted by Crippen LogP contribution is -2.49. The molecule has 1 heterocycles. The molecule has 10 heteroatoms. The van der Waals surface area contributed by atoms with Gasteiger partial charge in [-0.05, 0) is 29.8 Å². The van der Waals surface area contributed by atoms with Gasteiger partial charge in [0.2, 0.25) is 15.9 Å². The summed E-state index contributed by atoms with van der Waals surface area (Å²) in [7, 11) is -0.845. The second kappa shape index (κ2) is 11.3. The lowest BCUT2D eigenvalue weighted by Gasteiger charge is -2.31. The van der Waals surface area contributed by atoms with Crippen LogP contribution in [0.25, 0.3) is 0 Å². The molecule has 3 atom stereocenters. The van der Waals surface area contributed by atoms with Crippen LogP contribution in [0.1, 0.15) is 12.0 Å². The summed E-state index contributed by atoms with van der Waals surface area (Å²) in [6.07, 6.45) is 1.84. The molecule has 2 aromatic carbocycles. The van der Waals surface area contributed by atoms with E-state index in [1.165, 1.54) is 19.2 Å². The molecule has 0 saturated carbocycles. The van der Waals surface area contributed by atoms with Crippen molar-refractivity contribution in [1.82, 2.24) is 10.0 Å². The number of aliphatic hydroxyl groups excluding tert-OH is 1. The smallest absolute Gasteiger partial charge is 0.241 e. The zero-order valence-corrected chi connectivity index (χ0v) is 19.2. The van der Waals surface area contributed by atoms with E-state index in [0.717, 1.165) is 11.3 Å². The van der Waals surface area contributed by atoms with E-state index in [-0.39, 0.29) is 17.2 Å². The maximum atomic E-state index is 12.7. The first-order valence-electron chi connectivity index (χ1n) is 10.3. The molecular weight excluding hydrogens is 448 g/mol. The molecule has 0 bridgehead atoms. The molecule has 1 aliphatic rings. The SMILES string of the molecule is COc1ccc(CNC(=O)C[C@H]2C=C[C@H](NS(=O)(=O)c3cccc(OC)c3)[C@@H](CO)O2)cc1. The Hall–Kier alpha value is -2.92. The predicted octanol–water partition coefficient (Wildman–Crippen LogP) is 1.37. The van der Waals surface area contributed by atoms with Crippen LogP contribution in [0.5, 0.6) is 11.5 Å². The average molecular weight is 477 g/mol. The molecule has 0 aliphatic carbocycles. The predicted molar refractivity (Wildman–Crippen MR) is 121 cm³/mol. The van der Waals surface area contributed by atoms with Crippen molar-refractivity contribution in [2.45, 2.75) is 36.1 Å². The summed E-state index contributed by atoms with van der Waals surface area (Å²) in [5, 5.41) is 12.6. The fourth-order valence-corrected chi connectivity index (χ4v) is 4.58. The third-order valence-corrected chi connectivity index (χ3v) is 6.60. The summed E-state index contributed by atoms with van der Waals surface area (Å²) in [5.74, 6) is 0.915. The third-order valence-electron chi connectivity index (χ3n) is 5.14. The topological polar surface area (TPSA) is 123 Å². The summed E-state index contributed by atoms with van der Waals surface area (Å²) in [6, 6.07) is 12.6. The molecule has 0 unspecified atom stereocenters. The molecule has 0 aromatic heterocycles. The summed E-state index contributed by atoms with van der Waals surface area (Å²) in [4.78, 5) is 12.4. The number of hydrogen-bond acceptors (Lipinski definition) is 7. The Labute approximate surface area is 193 Å². The molecule has 3 N–H and O–H groups in total. The molecule has 0 saturated heterocycles. The van der Waals surface area contributed by atoms with Crippen LogP contribution in [0.4, 0.5) is 0 Å². The lowest BCUT2D eigenvalue weighted by atomic mass is 10.1. The minimum atomic E-state index is -3.88. The van der Waals surface area contributed by atoms with Crippen LogP contribution in [0, 0.1) is 0 Å². The Balaban J connectivity index is 1.57. The molecule has 1 aliphatic heterocycles. The quantitative estimate of drug-likeness (QED) is 0.443. The zero-order valence-electron chi connectivity index (χ0n) is 18.4. The fourth-order valence-electron chi connectivity index (χ4n) is 3.32. The average Bonchev–Trinajstić information content (AvgIpc) is 2.83. The number of amides is 1. The number of carbonyl (C=O) groups is 1. The van der Waals surface area contributed by atoms with E-state index in [1.54, 1.807) is 31.4 Å². The molecule has 2 aromatic rings. The van der Waals surface area contributed by atoms with E-state index in [4.69, 9.17) is 14.2 Å². The van der Waals surface area contributed by atoms with Crippen molar-refractivity contribution in [2.24, 2.45) is 0 Å². The van der Waals surface area contributed by atoms with Gasteiger partial charge in [-0.25, -0.2) is 13.1 Å². The van der Waals surface area contributed by atoms with Crippen LogP contribution in [-0.2, 0) is 26.1 Å². The Kier molecular flexibility index (Phi) is 8.45. The van der Waals surface area contributed by atoms with Gasteiger partial charge in [0.15, 0.2) is 0 Å². The van der Waals surface area contributed by atoms with Gasteiger partial charge in [0, 0.05) is 12.6 Å². The number of ether oxygens (including phenoxy) is 3. The van der Waals surface area contributed by atoms with Crippen LogP contribution in [0.15, 0.2) is 65.6 Å². The van der Waals surface area contributed by atoms with Gasteiger partial charge in [-0.2, -0.15) is 0 Å². The number of nitrogens with one attached hydrogen (secondary N) is 2. The number of hydrogen-bond donors (Lipinski definition) is 3. The van der Waals surface area contributed by atoms with Crippen molar-refractivity contribution in [3.63, 3.8) is 0 Å². The number of aliphatic hydroxyl groups is 1. The maximum Gasteiger partial charge on any atom is 0.241 e. The van der Waals surface area contributed by atoms with Crippen molar-refractivity contribution < 1.29 is 32.5 Å². The highest BCUT2D eigenvalue weighted by molar-refractivity contribution is 7.89. The molecule has 33 heavy (non-hydrogen) atoms. The summed E-state index contributed by atoms with van der Waals surface area (Å²) < 4.78 is 44.0. The van der Waals surface area contributed by atoms with Gasteiger partial charge >= 0.3 is 0 Å². The number of benzene rings is 2. The second-order valence-electron chi connectivity index (χ2n) is 7.44. The summed E-state index contributed by atoms with van der Waals surface area (Å²) >= 11 is 0. The highest BCUT2D eigenvalue weighted by atomic mass is 32.2. The van der Waals surface area contributed by atoms with E-state index in [1.807, 2.05) is 24.3 Å². The maximum absolute atomic E-state index is 12.7. The van der Waals surface area contributed by atoms with Gasteiger partial charge < -0.3 is 24.6 Å². The van der Waals surface area contributed by atoms with E-state index >= 15 is 0 Å². The van der Waals surface area contributed by atoms with Crippen molar-refractivity contribution in [3.05, 3.63) is 66.2 Å². The lowest BCUT2D eigenvalue weighted by molar-refractivity contribution is -0.125. The monoisotopic (exact) mass is 476 g/mol. The number of methoxy groups -OCH3 is 2. The van der Waals surface area contributed by atoms with Gasteiger partial charge in [-0.1, -0.05) is 30.4 Å². The van der Waals surface area contributed by atoms with Gasteiger partial charge in [-0.3, -0.25) is 4.79 Å². The highest BCUT2D eigenvalue weighted by Gasteiger charge is 2.31. The van der Waals surface area contributed by atoms with E-state index in [2.05, 4.69) is 10.0 Å². The minimum absolute atomic E-state index is 0.0342. The molecular formula is C23H28N2O7S. The standard InChI is InChI=1S/C23H28N2O7S/c1-30-17-8-6-16(7-9-17)14-24-23(27)13-19-10-11-21(22(15-26)32-19)25-33(28,29)20-5-3-4-18(12-20)31-2/h3-12,19,21-22,25-26H,13-15H2,1-2H3,(H,24,27)/t19-,21+,22-/m1/s1. The Bertz CT molecular complexity index is 1070. The minimum Gasteiger partial charge on any atom is -0.497 e. The van der Waals surface area contributed by atoms with E-state index in [0.29, 0.717) is 12.3 Å². The van der Waals surface area contributed by atoms with Crippen LogP contribution < -0.4 is 19.5 Å². The molecule has 9 nitrogen and oxygen atoms in total. The fraction of sp³-hybridized carbons (Fsp3) is 0.348. The third kappa shape index (κ3) is 6.78. The molecule has 0 spiro atoms.